The molecule has 2 aromatic rings. The third-order valence-corrected chi connectivity index (χ3v) is 5.92. The number of rotatable bonds is 5. The van der Waals surface area contributed by atoms with Crippen LogP contribution in [0.25, 0.3) is 0 Å². The van der Waals surface area contributed by atoms with Gasteiger partial charge >= 0.3 is 21.2 Å². The van der Waals surface area contributed by atoms with Gasteiger partial charge in [-0.05, 0) is 35.7 Å². The highest BCUT2D eigenvalue weighted by Gasteiger charge is 2.21. The van der Waals surface area contributed by atoms with Gasteiger partial charge in [-0.1, -0.05) is 26.0 Å². The fraction of sp³-hybridized carbons (Fsp3) is 0.294. The van der Waals surface area contributed by atoms with Gasteiger partial charge in [-0.25, -0.2) is 0 Å². The summed E-state index contributed by atoms with van der Waals surface area (Å²) in [5.41, 5.74) is 1.39. The van der Waals surface area contributed by atoms with Gasteiger partial charge in [0, 0.05) is 6.07 Å². The molecule has 0 saturated carbocycles. The summed E-state index contributed by atoms with van der Waals surface area (Å²) in [5.74, 6) is 2.34. The van der Waals surface area contributed by atoms with E-state index >= 15 is 0 Å². The predicted octanol–water partition coefficient (Wildman–Crippen LogP) is 0.956. The molecule has 2 rings (SSSR count). The van der Waals surface area contributed by atoms with E-state index in [1.165, 1.54) is 12.7 Å². The Labute approximate surface area is 131 Å². The van der Waals surface area contributed by atoms with Crippen LogP contribution in [0, 0.1) is 7.14 Å². The van der Waals surface area contributed by atoms with Crippen molar-refractivity contribution in [3.63, 3.8) is 0 Å². The van der Waals surface area contributed by atoms with Crippen molar-refractivity contribution in [1.29, 1.82) is 0 Å². The molecule has 0 aliphatic rings. The average Bonchev–Trinajstić information content (AvgIpc) is 2.48. The highest BCUT2D eigenvalue weighted by molar-refractivity contribution is 5.32. The lowest BCUT2D eigenvalue weighted by Gasteiger charge is -2.04. The fourth-order valence-corrected chi connectivity index (χ4v) is 4.26. The van der Waals surface area contributed by atoms with Crippen molar-refractivity contribution in [2.75, 3.05) is 14.2 Å². The quantitative estimate of drug-likeness (QED) is 0.717. The first-order chi connectivity index (χ1) is 9.63. The minimum absolute atomic E-state index is 0.231. The van der Waals surface area contributed by atoms with Crippen molar-refractivity contribution < 1.29 is 30.7 Å². The van der Waals surface area contributed by atoms with Gasteiger partial charge in [-0.2, -0.15) is 0 Å². The minimum atomic E-state index is -0.231. The van der Waals surface area contributed by atoms with Crippen LogP contribution in [0.4, 0.5) is 0 Å². The molecule has 0 aliphatic carbocycles. The van der Waals surface area contributed by atoms with E-state index in [0.29, 0.717) is 5.92 Å². The molecule has 2 nitrogen and oxygen atoms in total. The summed E-state index contributed by atoms with van der Waals surface area (Å²) in [7, 11) is 3.39. The Hall–Kier alpha value is -1.23. The number of benzene rings is 2. The number of ether oxygens (including phenoxy) is 2. The monoisotopic (exact) mass is 383 g/mol. The number of hydrogen-bond acceptors (Lipinski definition) is 2. The summed E-state index contributed by atoms with van der Waals surface area (Å²) in [6, 6.07) is 15.0. The lowest BCUT2D eigenvalue weighted by Crippen LogP contribution is -3.61. The zero-order valence-corrected chi connectivity index (χ0v) is 14.5. The van der Waals surface area contributed by atoms with E-state index in [2.05, 4.69) is 44.2 Å². The first-order valence-corrected chi connectivity index (χ1v) is 8.76. The first-order valence-electron chi connectivity index (χ1n) is 6.61. The highest BCUT2D eigenvalue weighted by atomic mass is 127. The Morgan fingerprint density at radius 1 is 0.900 bits per heavy atom. The maximum absolute atomic E-state index is 5.47. The molecule has 20 heavy (non-hydrogen) atoms. The van der Waals surface area contributed by atoms with Gasteiger partial charge in [0.1, 0.15) is 5.75 Å². The molecule has 3 heteroatoms. The van der Waals surface area contributed by atoms with Crippen molar-refractivity contribution in [2.24, 2.45) is 0 Å². The Morgan fingerprint density at radius 3 is 2.15 bits per heavy atom. The molecule has 0 bridgehead atoms. The Morgan fingerprint density at radius 2 is 1.60 bits per heavy atom. The summed E-state index contributed by atoms with van der Waals surface area (Å²) < 4.78 is 13.4. The van der Waals surface area contributed by atoms with Gasteiger partial charge in [0.15, 0.2) is 9.32 Å². The lowest BCUT2D eigenvalue weighted by molar-refractivity contribution is -0.598. The molecular weight excluding hydrogens is 363 g/mol. The molecule has 0 aromatic heterocycles. The Bertz CT molecular complexity index is 562. The van der Waals surface area contributed by atoms with E-state index in [-0.39, 0.29) is 21.2 Å². The van der Waals surface area contributed by atoms with Crippen LogP contribution in [-0.2, 0) is 0 Å². The smallest absolute Gasteiger partial charge is 0.362 e. The molecule has 0 radical (unpaired) electrons. The molecule has 106 valence electrons. The molecule has 0 amide bonds. The van der Waals surface area contributed by atoms with Crippen molar-refractivity contribution in [3.8, 4) is 11.5 Å². The first kappa shape index (κ1) is 15.2. The third kappa shape index (κ3) is 3.66. The van der Waals surface area contributed by atoms with Crippen LogP contribution in [0.3, 0.4) is 0 Å². The maximum Gasteiger partial charge on any atom is 0.362 e. The molecule has 0 heterocycles. The number of hydrogen-bond donors (Lipinski definition) is 0. The van der Waals surface area contributed by atoms with E-state index in [1.54, 1.807) is 14.2 Å². The molecule has 0 aliphatic heterocycles. The zero-order valence-electron chi connectivity index (χ0n) is 12.3. The number of methoxy groups -OCH3 is 2. The summed E-state index contributed by atoms with van der Waals surface area (Å²) in [6.07, 6.45) is 0. The maximum atomic E-state index is 5.47. The van der Waals surface area contributed by atoms with Crippen molar-refractivity contribution in [3.05, 3.63) is 55.2 Å². The van der Waals surface area contributed by atoms with E-state index in [1.807, 2.05) is 12.1 Å². The van der Waals surface area contributed by atoms with E-state index < -0.39 is 0 Å². The van der Waals surface area contributed by atoms with Gasteiger partial charge in [0.2, 0.25) is 3.57 Å². The van der Waals surface area contributed by atoms with Gasteiger partial charge in [0.25, 0.3) is 0 Å². The Kier molecular flexibility index (Phi) is 5.29. The van der Waals surface area contributed by atoms with Crippen LogP contribution in [0.5, 0.6) is 11.5 Å². The molecular formula is C17H20IO2+. The molecule has 0 saturated heterocycles. The Balaban J connectivity index is 2.20. The largest absolute Gasteiger partial charge is 0.497 e. The van der Waals surface area contributed by atoms with E-state index in [9.17, 15) is 0 Å². The fourth-order valence-electron chi connectivity index (χ4n) is 1.87. The molecule has 0 unspecified atom stereocenters. The van der Waals surface area contributed by atoms with Crippen LogP contribution in [-0.4, -0.2) is 14.2 Å². The minimum Gasteiger partial charge on any atom is -0.497 e. The standard InChI is InChI=1S/C17H20IO2/c1-12(2)13-5-7-14(8-6-13)18-16-10-9-15(19-3)11-17(16)20-4/h5-12H,1-4H3/q+1. The summed E-state index contributed by atoms with van der Waals surface area (Å²) in [6.45, 7) is 4.44. The van der Waals surface area contributed by atoms with Crippen LogP contribution in [0.15, 0.2) is 42.5 Å². The van der Waals surface area contributed by atoms with Gasteiger partial charge < -0.3 is 9.47 Å². The highest BCUT2D eigenvalue weighted by Crippen LogP contribution is 2.18. The van der Waals surface area contributed by atoms with Gasteiger partial charge in [0.05, 0.1) is 14.2 Å². The van der Waals surface area contributed by atoms with Gasteiger partial charge in [-0.15, -0.1) is 0 Å². The molecule has 0 fully saturated rings. The summed E-state index contributed by atoms with van der Waals surface area (Å²) >= 11 is -0.231. The van der Waals surface area contributed by atoms with E-state index in [0.717, 1.165) is 11.5 Å². The van der Waals surface area contributed by atoms with Crippen LogP contribution in [0.2, 0.25) is 0 Å². The zero-order chi connectivity index (χ0) is 14.5. The van der Waals surface area contributed by atoms with Crippen molar-refractivity contribution >= 4 is 0 Å². The molecule has 0 atom stereocenters. The van der Waals surface area contributed by atoms with Crippen molar-refractivity contribution in [1.82, 2.24) is 0 Å². The van der Waals surface area contributed by atoms with E-state index in [4.69, 9.17) is 9.47 Å². The van der Waals surface area contributed by atoms with Crippen LogP contribution >= 0.6 is 0 Å². The predicted molar refractivity (Wildman–Crippen MR) is 77.5 cm³/mol. The summed E-state index contributed by atoms with van der Waals surface area (Å²) in [4.78, 5) is 0. The van der Waals surface area contributed by atoms with Crippen LogP contribution < -0.4 is 30.7 Å². The summed E-state index contributed by atoms with van der Waals surface area (Å²) in [5, 5.41) is 0. The third-order valence-electron chi connectivity index (χ3n) is 3.11. The second-order valence-electron chi connectivity index (χ2n) is 4.80. The SMILES string of the molecule is COc1ccc([I+]c2ccc(C(C)C)cc2)c(OC)c1. The van der Waals surface area contributed by atoms with Gasteiger partial charge in [-0.3, -0.25) is 0 Å². The lowest BCUT2D eigenvalue weighted by atomic mass is 10.0. The second-order valence-corrected chi connectivity index (χ2v) is 7.75. The molecule has 2 aromatic carbocycles. The molecule has 0 N–H and O–H groups in total. The topological polar surface area (TPSA) is 18.5 Å². The number of halogens is 1. The second kappa shape index (κ2) is 6.97. The van der Waals surface area contributed by atoms with Crippen molar-refractivity contribution in [2.45, 2.75) is 19.8 Å². The normalized spacial score (nSPS) is 10.7. The molecule has 0 spiro atoms. The average molecular weight is 383 g/mol. The van der Waals surface area contributed by atoms with Crippen LogP contribution in [0.1, 0.15) is 25.3 Å².